The first kappa shape index (κ1) is 13.5. The van der Waals surface area contributed by atoms with Crippen LogP contribution in [0.25, 0.3) is 0 Å². The SMILES string of the molecule is CC1CCCC1NC(=O)N1C(C)SCC1C(=O)O. The Morgan fingerprint density at radius 1 is 1.33 bits per heavy atom. The number of carbonyl (C=O) groups excluding carboxylic acids is 1. The summed E-state index contributed by atoms with van der Waals surface area (Å²) in [6.45, 7) is 4.01. The summed E-state index contributed by atoms with van der Waals surface area (Å²) in [5.74, 6) is 0.0497. The van der Waals surface area contributed by atoms with E-state index in [0.717, 1.165) is 19.3 Å². The van der Waals surface area contributed by atoms with Crippen LogP contribution in [0.3, 0.4) is 0 Å². The fourth-order valence-corrected chi connectivity index (χ4v) is 3.90. The number of hydrogen-bond acceptors (Lipinski definition) is 3. The van der Waals surface area contributed by atoms with E-state index in [0.29, 0.717) is 11.7 Å². The lowest BCUT2D eigenvalue weighted by atomic mass is 10.1. The number of carboxylic acid groups (broad SMARTS) is 1. The first-order valence-corrected chi connectivity index (χ1v) is 7.49. The fraction of sp³-hybridized carbons (Fsp3) is 0.833. The molecule has 2 N–H and O–H groups in total. The van der Waals surface area contributed by atoms with Gasteiger partial charge in [-0.05, 0) is 25.7 Å². The van der Waals surface area contributed by atoms with Crippen molar-refractivity contribution in [2.24, 2.45) is 5.92 Å². The molecular weight excluding hydrogens is 252 g/mol. The van der Waals surface area contributed by atoms with E-state index in [1.807, 2.05) is 6.92 Å². The maximum atomic E-state index is 12.2. The van der Waals surface area contributed by atoms with Crippen LogP contribution in [0.5, 0.6) is 0 Å². The lowest BCUT2D eigenvalue weighted by Crippen LogP contribution is -2.52. The number of nitrogens with zero attached hydrogens (tertiary/aromatic N) is 1. The predicted molar refractivity (Wildman–Crippen MR) is 70.5 cm³/mol. The van der Waals surface area contributed by atoms with Crippen LogP contribution in [0.15, 0.2) is 0 Å². The van der Waals surface area contributed by atoms with E-state index in [4.69, 9.17) is 5.11 Å². The average Bonchev–Trinajstić information content (AvgIpc) is 2.86. The Hall–Kier alpha value is -0.910. The fourth-order valence-electron chi connectivity index (χ4n) is 2.73. The summed E-state index contributed by atoms with van der Waals surface area (Å²) in [4.78, 5) is 24.8. The molecule has 18 heavy (non-hydrogen) atoms. The van der Waals surface area contributed by atoms with Gasteiger partial charge in [0.05, 0.1) is 5.37 Å². The zero-order valence-electron chi connectivity index (χ0n) is 10.8. The van der Waals surface area contributed by atoms with E-state index in [1.165, 1.54) is 16.7 Å². The summed E-state index contributed by atoms with van der Waals surface area (Å²) in [5, 5.41) is 12.1. The average molecular weight is 272 g/mol. The van der Waals surface area contributed by atoms with Crippen molar-refractivity contribution in [3.63, 3.8) is 0 Å². The first-order chi connectivity index (χ1) is 8.50. The monoisotopic (exact) mass is 272 g/mol. The topological polar surface area (TPSA) is 69.6 Å². The molecule has 1 saturated heterocycles. The second-order valence-corrected chi connectivity index (χ2v) is 6.51. The lowest BCUT2D eigenvalue weighted by molar-refractivity contribution is -0.141. The van der Waals surface area contributed by atoms with Crippen molar-refractivity contribution in [3.05, 3.63) is 0 Å². The number of aliphatic carboxylic acids is 1. The van der Waals surface area contributed by atoms with Gasteiger partial charge in [0.2, 0.25) is 0 Å². The highest BCUT2D eigenvalue weighted by molar-refractivity contribution is 8.00. The van der Waals surface area contributed by atoms with E-state index >= 15 is 0 Å². The molecule has 4 atom stereocenters. The van der Waals surface area contributed by atoms with Crippen LogP contribution in [-0.2, 0) is 4.79 Å². The van der Waals surface area contributed by atoms with E-state index in [2.05, 4.69) is 12.2 Å². The van der Waals surface area contributed by atoms with Gasteiger partial charge in [0.25, 0.3) is 0 Å². The molecule has 0 bridgehead atoms. The largest absolute Gasteiger partial charge is 0.480 e. The molecule has 0 aromatic rings. The van der Waals surface area contributed by atoms with Gasteiger partial charge in [-0.2, -0.15) is 0 Å². The Bertz CT molecular complexity index is 350. The quantitative estimate of drug-likeness (QED) is 0.803. The van der Waals surface area contributed by atoms with Crippen LogP contribution in [0.4, 0.5) is 4.79 Å². The van der Waals surface area contributed by atoms with Crippen LogP contribution in [0, 0.1) is 5.92 Å². The lowest BCUT2D eigenvalue weighted by Gasteiger charge is -2.28. The number of rotatable bonds is 2. The molecule has 1 saturated carbocycles. The minimum absolute atomic E-state index is 0.0668. The summed E-state index contributed by atoms with van der Waals surface area (Å²) < 4.78 is 0. The molecule has 2 amide bonds. The highest BCUT2D eigenvalue weighted by atomic mass is 32.2. The van der Waals surface area contributed by atoms with E-state index in [1.54, 1.807) is 0 Å². The van der Waals surface area contributed by atoms with Crippen molar-refractivity contribution in [1.82, 2.24) is 10.2 Å². The summed E-state index contributed by atoms with van der Waals surface area (Å²) in [5.41, 5.74) is 0. The van der Waals surface area contributed by atoms with Gasteiger partial charge in [0, 0.05) is 11.8 Å². The van der Waals surface area contributed by atoms with Crippen LogP contribution >= 0.6 is 11.8 Å². The molecule has 6 heteroatoms. The molecule has 2 rings (SSSR count). The van der Waals surface area contributed by atoms with Crippen molar-refractivity contribution < 1.29 is 14.7 Å². The molecule has 1 heterocycles. The van der Waals surface area contributed by atoms with Gasteiger partial charge in [-0.15, -0.1) is 11.8 Å². The molecule has 5 nitrogen and oxygen atoms in total. The standard InChI is InChI=1S/C12H20N2O3S/c1-7-4-3-5-9(7)13-12(17)14-8(2)18-6-10(14)11(15)16/h7-10H,3-6H2,1-2H3,(H,13,17)(H,15,16). The van der Waals surface area contributed by atoms with Crippen LogP contribution in [0.1, 0.15) is 33.1 Å². The van der Waals surface area contributed by atoms with Gasteiger partial charge in [-0.25, -0.2) is 9.59 Å². The van der Waals surface area contributed by atoms with Crippen LogP contribution < -0.4 is 5.32 Å². The van der Waals surface area contributed by atoms with Crippen molar-refractivity contribution in [1.29, 1.82) is 0 Å². The molecule has 102 valence electrons. The molecule has 0 aromatic heterocycles. The van der Waals surface area contributed by atoms with Gasteiger partial charge in [0.1, 0.15) is 6.04 Å². The van der Waals surface area contributed by atoms with Crippen molar-refractivity contribution in [2.45, 2.75) is 50.6 Å². The molecule has 0 spiro atoms. The number of carbonyl (C=O) groups is 2. The molecular formula is C12H20N2O3S. The van der Waals surface area contributed by atoms with Crippen LogP contribution in [0.2, 0.25) is 0 Å². The summed E-state index contributed by atoms with van der Waals surface area (Å²) in [6, 6.07) is -0.717. The molecule has 1 aliphatic heterocycles. The Balaban J connectivity index is 2.00. The summed E-state index contributed by atoms with van der Waals surface area (Å²) in [7, 11) is 0. The maximum Gasteiger partial charge on any atom is 0.327 e. The first-order valence-electron chi connectivity index (χ1n) is 6.44. The molecule has 4 unspecified atom stereocenters. The Morgan fingerprint density at radius 2 is 2.06 bits per heavy atom. The zero-order chi connectivity index (χ0) is 13.3. The Morgan fingerprint density at radius 3 is 2.61 bits per heavy atom. The number of thioether (sulfide) groups is 1. The van der Waals surface area contributed by atoms with Gasteiger partial charge in [0.15, 0.2) is 0 Å². The van der Waals surface area contributed by atoms with Crippen LogP contribution in [-0.4, -0.2) is 45.2 Å². The third-order valence-corrected chi connectivity index (χ3v) is 5.13. The smallest absolute Gasteiger partial charge is 0.327 e. The zero-order valence-corrected chi connectivity index (χ0v) is 11.6. The van der Waals surface area contributed by atoms with Gasteiger partial charge >= 0.3 is 12.0 Å². The molecule has 1 aliphatic carbocycles. The van der Waals surface area contributed by atoms with Crippen molar-refractivity contribution in [2.75, 3.05) is 5.75 Å². The number of amides is 2. The summed E-state index contributed by atoms with van der Waals surface area (Å²) >= 11 is 1.51. The number of carboxylic acids is 1. The molecule has 2 aliphatic rings. The highest BCUT2D eigenvalue weighted by Crippen LogP contribution is 2.30. The van der Waals surface area contributed by atoms with Crippen molar-refractivity contribution in [3.8, 4) is 0 Å². The van der Waals surface area contributed by atoms with Gasteiger partial charge in [-0.1, -0.05) is 13.3 Å². The van der Waals surface area contributed by atoms with Crippen molar-refractivity contribution >= 4 is 23.8 Å². The third-order valence-electron chi connectivity index (χ3n) is 3.91. The van der Waals surface area contributed by atoms with Gasteiger partial charge < -0.3 is 10.4 Å². The summed E-state index contributed by atoms with van der Waals surface area (Å²) in [6.07, 6.45) is 3.27. The van der Waals surface area contributed by atoms with Gasteiger partial charge in [-0.3, -0.25) is 4.90 Å². The number of urea groups is 1. The normalized spacial score (nSPS) is 35.8. The second kappa shape index (κ2) is 5.38. The molecule has 0 radical (unpaired) electrons. The Labute approximate surface area is 111 Å². The van der Waals surface area contributed by atoms with E-state index < -0.39 is 12.0 Å². The Kier molecular flexibility index (Phi) is 4.04. The number of nitrogens with one attached hydrogen (secondary N) is 1. The van der Waals surface area contributed by atoms with E-state index in [9.17, 15) is 9.59 Å². The third kappa shape index (κ3) is 2.58. The number of hydrogen-bond donors (Lipinski definition) is 2. The molecule has 0 aromatic carbocycles. The predicted octanol–water partition coefficient (Wildman–Crippen LogP) is 1.73. The minimum atomic E-state index is -0.915. The van der Waals surface area contributed by atoms with E-state index in [-0.39, 0.29) is 17.4 Å². The highest BCUT2D eigenvalue weighted by Gasteiger charge is 2.40. The minimum Gasteiger partial charge on any atom is -0.480 e. The maximum absolute atomic E-state index is 12.2. The second-order valence-electron chi connectivity index (χ2n) is 5.16. The molecule has 2 fully saturated rings.